The van der Waals surface area contributed by atoms with Crippen LogP contribution in [0, 0.1) is 5.41 Å². The zero-order valence-corrected chi connectivity index (χ0v) is 8.24. The zero-order valence-electron chi connectivity index (χ0n) is 7.42. The Hall–Kier alpha value is -0.370. The van der Waals surface area contributed by atoms with Crippen LogP contribution >= 0.6 is 11.3 Å². The van der Waals surface area contributed by atoms with E-state index >= 15 is 0 Å². The molecule has 0 spiro atoms. The van der Waals surface area contributed by atoms with Gasteiger partial charge in [-0.2, -0.15) is 0 Å². The molecule has 62 valence electrons. The SMILES string of the molecule is CCC(C)(C)Cc1nccs1. The third kappa shape index (κ3) is 2.62. The number of hydrogen-bond donors (Lipinski definition) is 0. The van der Waals surface area contributed by atoms with E-state index < -0.39 is 0 Å². The van der Waals surface area contributed by atoms with Gasteiger partial charge in [-0.05, 0) is 5.41 Å². The molecule has 11 heavy (non-hydrogen) atoms. The van der Waals surface area contributed by atoms with Crippen molar-refractivity contribution in [3.8, 4) is 0 Å². The fourth-order valence-corrected chi connectivity index (χ4v) is 1.75. The van der Waals surface area contributed by atoms with Gasteiger partial charge in [-0.3, -0.25) is 0 Å². The normalized spacial score (nSPS) is 11.9. The molecule has 0 aromatic carbocycles. The van der Waals surface area contributed by atoms with Crippen LogP contribution < -0.4 is 0 Å². The maximum atomic E-state index is 4.27. The summed E-state index contributed by atoms with van der Waals surface area (Å²) in [5.41, 5.74) is 0.415. The van der Waals surface area contributed by atoms with E-state index in [2.05, 4.69) is 25.8 Å². The number of rotatable bonds is 3. The summed E-state index contributed by atoms with van der Waals surface area (Å²) in [6.45, 7) is 6.80. The van der Waals surface area contributed by atoms with Crippen molar-refractivity contribution in [3.63, 3.8) is 0 Å². The van der Waals surface area contributed by atoms with Crippen LogP contribution in [0.2, 0.25) is 0 Å². The first-order valence-corrected chi connectivity index (χ1v) is 4.90. The molecule has 0 fully saturated rings. The summed E-state index contributed by atoms with van der Waals surface area (Å²) < 4.78 is 0. The summed E-state index contributed by atoms with van der Waals surface area (Å²) in [6.07, 6.45) is 4.21. The molecule has 1 nitrogen and oxygen atoms in total. The number of aromatic nitrogens is 1. The van der Waals surface area contributed by atoms with Crippen LogP contribution in [0.4, 0.5) is 0 Å². The molecule has 0 aliphatic rings. The predicted molar refractivity (Wildman–Crippen MR) is 49.9 cm³/mol. The molecule has 0 saturated heterocycles. The van der Waals surface area contributed by atoms with Gasteiger partial charge in [0.25, 0.3) is 0 Å². The molecule has 0 aliphatic heterocycles. The highest BCUT2D eigenvalue weighted by Crippen LogP contribution is 2.25. The monoisotopic (exact) mass is 169 g/mol. The summed E-state index contributed by atoms with van der Waals surface area (Å²) in [5.74, 6) is 0. The molecule has 0 N–H and O–H groups in total. The van der Waals surface area contributed by atoms with Gasteiger partial charge >= 0.3 is 0 Å². The third-order valence-corrected chi connectivity index (χ3v) is 2.85. The summed E-state index contributed by atoms with van der Waals surface area (Å²) in [5, 5.41) is 3.30. The summed E-state index contributed by atoms with van der Waals surface area (Å²) in [7, 11) is 0. The Balaban J connectivity index is 2.56. The van der Waals surface area contributed by atoms with Gasteiger partial charge < -0.3 is 0 Å². The highest BCUT2D eigenvalue weighted by atomic mass is 32.1. The molecule has 0 amide bonds. The van der Waals surface area contributed by atoms with Crippen LogP contribution in [0.15, 0.2) is 11.6 Å². The van der Waals surface area contributed by atoms with Crippen LogP contribution in [-0.2, 0) is 6.42 Å². The quantitative estimate of drug-likeness (QED) is 0.677. The van der Waals surface area contributed by atoms with Gasteiger partial charge in [0.05, 0.1) is 5.01 Å². The Labute approximate surface area is 72.5 Å². The molecule has 0 bridgehead atoms. The van der Waals surface area contributed by atoms with Gasteiger partial charge in [-0.25, -0.2) is 4.98 Å². The number of hydrogen-bond acceptors (Lipinski definition) is 2. The Kier molecular flexibility index (Phi) is 2.66. The Morgan fingerprint density at radius 2 is 2.27 bits per heavy atom. The lowest BCUT2D eigenvalue weighted by Gasteiger charge is -2.20. The molecule has 0 saturated carbocycles. The molecular formula is C9H15NS. The fraction of sp³-hybridized carbons (Fsp3) is 0.667. The molecule has 0 radical (unpaired) electrons. The van der Waals surface area contributed by atoms with E-state index in [1.807, 2.05) is 11.6 Å². The average Bonchev–Trinajstić information content (AvgIpc) is 2.39. The second kappa shape index (κ2) is 3.35. The molecule has 1 heterocycles. The van der Waals surface area contributed by atoms with Crippen LogP contribution in [0.3, 0.4) is 0 Å². The van der Waals surface area contributed by atoms with Crippen LogP contribution in [-0.4, -0.2) is 4.98 Å². The van der Waals surface area contributed by atoms with E-state index in [9.17, 15) is 0 Å². The molecule has 0 unspecified atom stereocenters. The highest BCUT2D eigenvalue weighted by Gasteiger charge is 2.16. The van der Waals surface area contributed by atoms with Crippen LogP contribution in [0.25, 0.3) is 0 Å². The minimum Gasteiger partial charge on any atom is -0.250 e. The largest absolute Gasteiger partial charge is 0.250 e. The lowest BCUT2D eigenvalue weighted by molar-refractivity contribution is 0.349. The van der Waals surface area contributed by atoms with Crippen molar-refractivity contribution in [2.45, 2.75) is 33.6 Å². The summed E-state index contributed by atoms with van der Waals surface area (Å²) in [6, 6.07) is 0. The van der Waals surface area contributed by atoms with Crippen molar-refractivity contribution in [1.29, 1.82) is 0 Å². The molecular weight excluding hydrogens is 154 g/mol. The van der Waals surface area contributed by atoms with Gasteiger partial charge in [0.2, 0.25) is 0 Å². The topological polar surface area (TPSA) is 12.9 Å². The summed E-state index contributed by atoms with van der Waals surface area (Å²) >= 11 is 1.75. The van der Waals surface area contributed by atoms with Crippen LogP contribution in [0.1, 0.15) is 32.2 Å². The van der Waals surface area contributed by atoms with Crippen molar-refractivity contribution >= 4 is 11.3 Å². The Morgan fingerprint density at radius 1 is 1.55 bits per heavy atom. The molecule has 0 atom stereocenters. The second-order valence-corrected chi connectivity index (χ2v) is 4.60. The van der Waals surface area contributed by atoms with E-state index in [-0.39, 0.29) is 0 Å². The smallest absolute Gasteiger partial charge is 0.0930 e. The minimum atomic E-state index is 0.415. The van der Waals surface area contributed by atoms with Gasteiger partial charge in [-0.1, -0.05) is 27.2 Å². The maximum absolute atomic E-state index is 4.27. The van der Waals surface area contributed by atoms with E-state index in [0.717, 1.165) is 6.42 Å². The molecule has 2 heteroatoms. The van der Waals surface area contributed by atoms with E-state index in [4.69, 9.17) is 0 Å². The minimum absolute atomic E-state index is 0.415. The Bertz CT molecular complexity index is 201. The second-order valence-electron chi connectivity index (χ2n) is 3.62. The van der Waals surface area contributed by atoms with E-state index in [1.165, 1.54) is 11.4 Å². The predicted octanol–water partition coefficient (Wildman–Crippen LogP) is 3.12. The van der Waals surface area contributed by atoms with Crippen molar-refractivity contribution in [2.24, 2.45) is 5.41 Å². The maximum Gasteiger partial charge on any atom is 0.0930 e. The van der Waals surface area contributed by atoms with Crippen molar-refractivity contribution < 1.29 is 0 Å². The first kappa shape index (κ1) is 8.72. The number of nitrogens with zero attached hydrogens (tertiary/aromatic N) is 1. The van der Waals surface area contributed by atoms with Gasteiger partial charge in [0.15, 0.2) is 0 Å². The van der Waals surface area contributed by atoms with Gasteiger partial charge in [-0.15, -0.1) is 11.3 Å². The van der Waals surface area contributed by atoms with Gasteiger partial charge in [0.1, 0.15) is 0 Å². The van der Waals surface area contributed by atoms with Crippen molar-refractivity contribution in [3.05, 3.63) is 16.6 Å². The number of thiazole rings is 1. The zero-order chi connectivity index (χ0) is 8.32. The van der Waals surface area contributed by atoms with Gasteiger partial charge in [0, 0.05) is 18.0 Å². The highest BCUT2D eigenvalue weighted by molar-refractivity contribution is 7.09. The lowest BCUT2D eigenvalue weighted by Crippen LogP contribution is -2.12. The van der Waals surface area contributed by atoms with Crippen molar-refractivity contribution in [1.82, 2.24) is 4.98 Å². The molecule has 1 rings (SSSR count). The first-order valence-electron chi connectivity index (χ1n) is 4.02. The lowest BCUT2D eigenvalue weighted by atomic mass is 9.87. The van der Waals surface area contributed by atoms with Crippen LogP contribution in [0.5, 0.6) is 0 Å². The van der Waals surface area contributed by atoms with Crippen molar-refractivity contribution in [2.75, 3.05) is 0 Å². The molecule has 1 aromatic rings. The van der Waals surface area contributed by atoms with E-state index in [0.29, 0.717) is 5.41 Å². The fourth-order valence-electron chi connectivity index (χ4n) is 0.875. The summed E-state index contributed by atoms with van der Waals surface area (Å²) in [4.78, 5) is 4.27. The van der Waals surface area contributed by atoms with E-state index in [1.54, 1.807) is 11.3 Å². The molecule has 1 aromatic heterocycles. The first-order chi connectivity index (χ1) is 5.14. The average molecular weight is 169 g/mol. The molecule has 0 aliphatic carbocycles. The third-order valence-electron chi connectivity index (χ3n) is 2.07. The Morgan fingerprint density at radius 3 is 2.73 bits per heavy atom. The standard InChI is InChI=1S/C9H15NS/c1-4-9(2,3)7-8-10-5-6-11-8/h5-6H,4,7H2,1-3H3.